The van der Waals surface area contributed by atoms with Gasteiger partial charge in [-0.2, -0.15) is 0 Å². The quantitative estimate of drug-likeness (QED) is 0.356. The van der Waals surface area contributed by atoms with Gasteiger partial charge in [-0.3, -0.25) is 4.79 Å². The van der Waals surface area contributed by atoms with Crippen molar-refractivity contribution < 1.29 is 14.1 Å². The predicted molar refractivity (Wildman–Crippen MR) is 138 cm³/mol. The molecule has 5 rings (SSSR count). The molecule has 35 heavy (non-hydrogen) atoms. The average Bonchev–Trinajstić information content (AvgIpc) is 3.64. The number of benzene rings is 2. The molecule has 5 nitrogen and oxygen atoms in total. The number of esters is 1. The third kappa shape index (κ3) is 5.06. The summed E-state index contributed by atoms with van der Waals surface area (Å²) in [5, 5.41) is 7.90. The van der Waals surface area contributed by atoms with Gasteiger partial charge in [0.2, 0.25) is 0 Å². The van der Waals surface area contributed by atoms with E-state index in [1.807, 2.05) is 13.8 Å². The van der Waals surface area contributed by atoms with Crippen molar-refractivity contribution in [3.8, 4) is 22.5 Å². The predicted octanol–water partition coefficient (Wildman–Crippen LogP) is 6.58. The van der Waals surface area contributed by atoms with E-state index in [9.17, 15) is 4.79 Å². The summed E-state index contributed by atoms with van der Waals surface area (Å²) in [6.45, 7) is 6.15. The van der Waals surface area contributed by atoms with Crippen LogP contribution in [0.5, 0.6) is 0 Å². The number of carbonyl (C=O) groups is 1. The molecule has 2 aliphatic carbocycles. The fourth-order valence-electron chi connectivity index (χ4n) is 5.42. The average molecular weight is 473 g/mol. The number of ether oxygens (including phenoxy) is 1. The standard InChI is InChI=1S/C30H36N2O3/c1-3-34-29(33)30(17-18-30)26-15-13-24(14-16-26)23-9-11-25(12-10-23)28-27(21(2)32-35-28)20-31-19-22-7-5-4-6-8-22/h9-16,22,31H,3-8,17-20H2,1-2H3. The molecule has 2 aromatic carbocycles. The largest absolute Gasteiger partial charge is 0.465 e. The third-order valence-corrected chi connectivity index (χ3v) is 7.78. The maximum absolute atomic E-state index is 12.4. The Kier molecular flexibility index (Phi) is 7.05. The number of hydrogen-bond donors (Lipinski definition) is 1. The number of aryl methyl sites for hydroxylation is 1. The molecule has 1 aromatic heterocycles. The van der Waals surface area contributed by atoms with Gasteiger partial charge in [0.05, 0.1) is 17.7 Å². The molecule has 1 heterocycles. The number of nitrogens with one attached hydrogen (secondary N) is 1. The van der Waals surface area contributed by atoms with Crippen LogP contribution in [0.2, 0.25) is 0 Å². The maximum atomic E-state index is 12.4. The summed E-state index contributed by atoms with van der Waals surface area (Å²) in [6.07, 6.45) is 8.54. The van der Waals surface area contributed by atoms with E-state index in [0.717, 1.165) is 71.1 Å². The zero-order chi connectivity index (χ0) is 24.3. The van der Waals surface area contributed by atoms with Crippen LogP contribution in [0, 0.1) is 12.8 Å². The highest BCUT2D eigenvalue weighted by atomic mass is 16.5. The van der Waals surface area contributed by atoms with Crippen molar-refractivity contribution in [2.24, 2.45) is 5.92 Å². The lowest BCUT2D eigenvalue weighted by Gasteiger charge is -2.21. The Labute approximate surface area is 208 Å². The summed E-state index contributed by atoms with van der Waals surface area (Å²) in [5.41, 5.74) is 6.03. The third-order valence-electron chi connectivity index (χ3n) is 7.78. The summed E-state index contributed by atoms with van der Waals surface area (Å²) in [4.78, 5) is 12.4. The fourth-order valence-corrected chi connectivity index (χ4v) is 5.42. The normalized spacial score (nSPS) is 17.3. The first-order valence-electron chi connectivity index (χ1n) is 13.1. The van der Waals surface area contributed by atoms with E-state index in [1.165, 1.54) is 32.1 Å². The molecular formula is C30H36N2O3. The van der Waals surface area contributed by atoms with Crippen molar-refractivity contribution in [3.05, 3.63) is 65.4 Å². The molecule has 0 bridgehead atoms. The summed E-state index contributed by atoms with van der Waals surface area (Å²) < 4.78 is 11.0. The smallest absolute Gasteiger partial charge is 0.316 e. The minimum Gasteiger partial charge on any atom is -0.465 e. The molecule has 1 N–H and O–H groups in total. The van der Waals surface area contributed by atoms with E-state index in [2.05, 4.69) is 59.0 Å². The Morgan fingerprint density at radius 1 is 1.00 bits per heavy atom. The molecule has 0 radical (unpaired) electrons. The van der Waals surface area contributed by atoms with Crippen LogP contribution in [0.4, 0.5) is 0 Å². The highest BCUT2D eigenvalue weighted by Gasteiger charge is 2.52. The fraction of sp³-hybridized carbons (Fsp3) is 0.467. The molecule has 2 saturated carbocycles. The second kappa shape index (κ2) is 10.4. The van der Waals surface area contributed by atoms with Crippen LogP contribution >= 0.6 is 0 Å². The lowest BCUT2D eigenvalue weighted by atomic mass is 9.89. The van der Waals surface area contributed by atoms with E-state index in [1.54, 1.807) is 0 Å². The van der Waals surface area contributed by atoms with Crippen LogP contribution in [-0.2, 0) is 21.5 Å². The zero-order valence-electron chi connectivity index (χ0n) is 20.9. The Morgan fingerprint density at radius 2 is 1.63 bits per heavy atom. The Morgan fingerprint density at radius 3 is 2.26 bits per heavy atom. The van der Waals surface area contributed by atoms with Gasteiger partial charge >= 0.3 is 5.97 Å². The van der Waals surface area contributed by atoms with Crippen molar-refractivity contribution >= 4 is 5.97 Å². The minimum absolute atomic E-state index is 0.0940. The van der Waals surface area contributed by atoms with Gasteiger partial charge in [-0.15, -0.1) is 0 Å². The van der Waals surface area contributed by atoms with Crippen LogP contribution in [0.3, 0.4) is 0 Å². The van der Waals surface area contributed by atoms with Gasteiger partial charge < -0.3 is 14.6 Å². The van der Waals surface area contributed by atoms with Crippen molar-refractivity contribution in [2.45, 2.75) is 70.8 Å². The first kappa shape index (κ1) is 23.8. The van der Waals surface area contributed by atoms with Gasteiger partial charge in [0.1, 0.15) is 0 Å². The Bertz CT molecular complexity index is 1140. The monoisotopic (exact) mass is 472 g/mol. The van der Waals surface area contributed by atoms with E-state index in [0.29, 0.717) is 6.61 Å². The number of aromatic nitrogens is 1. The number of hydrogen-bond acceptors (Lipinski definition) is 5. The molecular weight excluding hydrogens is 436 g/mol. The number of carbonyl (C=O) groups excluding carboxylic acids is 1. The first-order valence-corrected chi connectivity index (χ1v) is 13.1. The molecule has 0 spiro atoms. The summed E-state index contributed by atoms with van der Waals surface area (Å²) in [7, 11) is 0. The highest BCUT2D eigenvalue weighted by Crippen LogP contribution is 2.49. The van der Waals surface area contributed by atoms with Gasteiger partial charge in [0.25, 0.3) is 0 Å². The molecule has 0 saturated heterocycles. The molecule has 0 unspecified atom stereocenters. The number of rotatable bonds is 9. The van der Waals surface area contributed by atoms with Gasteiger partial charge in [-0.05, 0) is 68.7 Å². The highest BCUT2D eigenvalue weighted by molar-refractivity contribution is 5.87. The van der Waals surface area contributed by atoms with E-state index in [4.69, 9.17) is 9.26 Å². The van der Waals surface area contributed by atoms with Crippen molar-refractivity contribution in [3.63, 3.8) is 0 Å². The van der Waals surface area contributed by atoms with Crippen molar-refractivity contribution in [1.29, 1.82) is 0 Å². The van der Waals surface area contributed by atoms with Gasteiger partial charge in [0.15, 0.2) is 5.76 Å². The van der Waals surface area contributed by atoms with Gasteiger partial charge in [-0.25, -0.2) is 0 Å². The number of nitrogens with zero attached hydrogens (tertiary/aromatic N) is 1. The maximum Gasteiger partial charge on any atom is 0.316 e. The lowest BCUT2D eigenvalue weighted by Crippen LogP contribution is -2.24. The molecule has 0 aliphatic heterocycles. The molecule has 3 aromatic rings. The SMILES string of the molecule is CCOC(=O)C1(c2ccc(-c3ccc(-c4onc(C)c4CNCC4CCCCC4)cc3)cc2)CC1. The van der Waals surface area contributed by atoms with Crippen LogP contribution in [0.1, 0.15) is 68.7 Å². The molecule has 0 atom stereocenters. The molecule has 5 heteroatoms. The summed E-state index contributed by atoms with van der Waals surface area (Å²) >= 11 is 0. The van der Waals surface area contributed by atoms with Gasteiger partial charge in [-0.1, -0.05) is 73.0 Å². The van der Waals surface area contributed by atoms with Crippen LogP contribution in [-0.4, -0.2) is 24.3 Å². The summed E-state index contributed by atoms with van der Waals surface area (Å²) in [6, 6.07) is 16.8. The van der Waals surface area contributed by atoms with Crippen LogP contribution < -0.4 is 5.32 Å². The molecule has 184 valence electrons. The van der Waals surface area contributed by atoms with E-state index < -0.39 is 5.41 Å². The van der Waals surface area contributed by atoms with Crippen LogP contribution in [0.25, 0.3) is 22.5 Å². The lowest BCUT2D eigenvalue weighted by molar-refractivity contribution is -0.146. The van der Waals surface area contributed by atoms with Crippen molar-refractivity contribution in [2.75, 3.05) is 13.2 Å². The summed E-state index contributed by atoms with van der Waals surface area (Å²) in [5.74, 6) is 1.55. The first-order chi connectivity index (χ1) is 17.1. The van der Waals surface area contributed by atoms with E-state index in [-0.39, 0.29) is 5.97 Å². The minimum atomic E-state index is -0.427. The topological polar surface area (TPSA) is 64.4 Å². The zero-order valence-corrected chi connectivity index (χ0v) is 20.9. The van der Waals surface area contributed by atoms with Crippen molar-refractivity contribution in [1.82, 2.24) is 10.5 Å². The molecule has 2 fully saturated rings. The van der Waals surface area contributed by atoms with Crippen LogP contribution in [0.15, 0.2) is 53.1 Å². The second-order valence-corrected chi connectivity index (χ2v) is 10.2. The van der Waals surface area contributed by atoms with E-state index >= 15 is 0 Å². The molecule has 0 amide bonds. The Hall–Kier alpha value is -2.92. The Balaban J connectivity index is 1.26. The van der Waals surface area contributed by atoms with Gasteiger partial charge in [0, 0.05) is 17.7 Å². The second-order valence-electron chi connectivity index (χ2n) is 10.2. The molecule has 2 aliphatic rings.